The number of carbonyl (C=O) groups is 1. The summed E-state index contributed by atoms with van der Waals surface area (Å²) in [6.07, 6.45) is 10.1. The molecule has 28 heavy (non-hydrogen) atoms. The lowest BCUT2D eigenvalue weighted by Crippen LogP contribution is -2.40. The summed E-state index contributed by atoms with van der Waals surface area (Å²) in [5, 5.41) is 0. The van der Waals surface area contributed by atoms with Crippen molar-refractivity contribution in [2.75, 3.05) is 13.1 Å². The van der Waals surface area contributed by atoms with Crippen molar-refractivity contribution in [2.24, 2.45) is 0 Å². The number of nitrogens with zero attached hydrogens (tertiary/aromatic N) is 4. The molecular formula is C23H26N4O. The van der Waals surface area contributed by atoms with Crippen molar-refractivity contribution in [3.8, 4) is 0 Å². The van der Waals surface area contributed by atoms with Crippen LogP contribution in [-0.2, 0) is 17.8 Å². The second-order valence-electron chi connectivity index (χ2n) is 7.61. The lowest BCUT2D eigenvalue weighted by Gasteiger charge is -2.33. The molecule has 3 aromatic rings. The van der Waals surface area contributed by atoms with Gasteiger partial charge in [0.25, 0.3) is 0 Å². The Morgan fingerprint density at radius 1 is 1.07 bits per heavy atom. The van der Waals surface area contributed by atoms with Crippen molar-refractivity contribution in [1.82, 2.24) is 19.4 Å². The summed E-state index contributed by atoms with van der Waals surface area (Å²) in [6.45, 7) is 4.44. The van der Waals surface area contributed by atoms with Crippen LogP contribution in [0.5, 0.6) is 0 Å². The molecule has 3 heterocycles. The third-order valence-corrected chi connectivity index (χ3v) is 5.47. The number of aryl methyl sites for hydroxylation is 1. The number of amides is 1. The molecule has 2 aromatic heterocycles. The summed E-state index contributed by atoms with van der Waals surface area (Å²) >= 11 is 0. The van der Waals surface area contributed by atoms with Crippen molar-refractivity contribution in [1.29, 1.82) is 0 Å². The highest BCUT2D eigenvalue weighted by Gasteiger charge is 2.27. The average molecular weight is 374 g/mol. The van der Waals surface area contributed by atoms with E-state index in [2.05, 4.69) is 45.7 Å². The van der Waals surface area contributed by atoms with E-state index in [-0.39, 0.29) is 11.8 Å². The van der Waals surface area contributed by atoms with Gasteiger partial charge in [0.15, 0.2) is 0 Å². The van der Waals surface area contributed by atoms with E-state index in [4.69, 9.17) is 0 Å². The van der Waals surface area contributed by atoms with E-state index >= 15 is 0 Å². The molecule has 0 radical (unpaired) electrons. The standard InChI is InChI=1S/C23H26N4O/c1-18-4-6-19(7-5-18)15-22(28)26-13-2-3-21(17-26)23-25-12-14-27(23)16-20-8-10-24-11-9-20/h4-12,14,21H,2-3,13,15-17H2,1H3/t21-/m1/s1. The molecule has 1 saturated heterocycles. The minimum Gasteiger partial charge on any atom is -0.342 e. The molecule has 1 aromatic carbocycles. The normalized spacial score (nSPS) is 16.9. The van der Waals surface area contributed by atoms with Gasteiger partial charge in [-0.1, -0.05) is 29.8 Å². The maximum absolute atomic E-state index is 12.8. The number of hydrogen-bond donors (Lipinski definition) is 0. The molecule has 144 valence electrons. The van der Waals surface area contributed by atoms with Gasteiger partial charge >= 0.3 is 0 Å². The molecule has 5 nitrogen and oxygen atoms in total. The Morgan fingerprint density at radius 2 is 1.86 bits per heavy atom. The van der Waals surface area contributed by atoms with Gasteiger partial charge in [0.2, 0.25) is 5.91 Å². The summed E-state index contributed by atoms with van der Waals surface area (Å²) in [5.41, 5.74) is 3.50. The molecule has 0 saturated carbocycles. The molecule has 0 bridgehead atoms. The minimum atomic E-state index is 0.209. The smallest absolute Gasteiger partial charge is 0.227 e. The minimum absolute atomic E-state index is 0.209. The van der Waals surface area contributed by atoms with Crippen molar-refractivity contribution >= 4 is 5.91 Å². The summed E-state index contributed by atoms with van der Waals surface area (Å²) in [4.78, 5) is 23.6. The highest BCUT2D eigenvalue weighted by Crippen LogP contribution is 2.26. The first kappa shape index (κ1) is 18.4. The van der Waals surface area contributed by atoms with Crippen molar-refractivity contribution in [3.05, 3.63) is 83.7 Å². The fourth-order valence-electron chi connectivity index (χ4n) is 3.91. The number of hydrogen-bond acceptors (Lipinski definition) is 3. The van der Waals surface area contributed by atoms with Crippen molar-refractivity contribution in [2.45, 2.75) is 38.6 Å². The predicted octanol–water partition coefficient (Wildman–Crippen LogP) is 3.58. The highest BCUT2D eigenvalue weighted by atomic mass is 16.2. The van der Waals surface area contributed by atoms with Gasteiger partial charge in [0, 0.05) is 50.3 Å². The van der Waals surface area contributed by atoms with Crippen LogP contribution in [0.2, 0.25) is 0 Å². The zero-order chi connectivity index (χ0) is 19.3. The molecule has 0 spiro atoms. The average Bonchev–Trinajstić information content (AvgIpc) is 3.19. The van der Waals surface area contributed by atoms with E-state index in [0.29, 0.717) is 6.42 Å². The van der Waals surface area contributed by atoms with E-state index in [9.17, 15) is 4.79 Å². The first-order valence-corrected chi connectivity index (χ1v) is 9.92. The largest absolute Gasteiger partial charge is 0.342 e. The second kappa shape index (κ2) is 8.38. The topological polar surface area (TPSA) is 51.0 Å². The summed E-state index contributed by atoms with van der Waals surface area (Å²) in [5.74, 6) is 1.57. The molecule has 0 N–H and O–H groups in total. The maximum Gasteiger partial charge on any atom is 0.227 e. The number of rotatable bonds is 5. The molecule has 0 aliphatic carbocycles. The Hall–Kier alpha value is -2.95. The van der Waals surface area contributed by atoms with Crippen LogP contribution in [0.4, 0.5) is 0 Å². The predicted molar refractivity (Wildman–Crippen MR) is 109 cm³/mol. The molecule has 5 heteroatoms. The lowest BCUT2D eigenvalue weighted by atomic mass is 9.96. The number of pyridine rings is 1. The summed E-state index contributed by atoms with van der Waals surface area (Å²) in [7, 11) is 0. The number of aromatic nitrogens is 3. The van der Waals surface area contributed by atoms with E-state index in [1.54, 1.807) is 0 Å². The lowest BCUT2D eigenvalue weighted by molar-refractivity contribution is -0.131. The van der Waals surface area contributed by atoms with Gasteiger partial charge in [0.05, 0.1) is 6.42 Å². The van der Waals surface area contributed by atoms with E-state index in [1.807, 2.05) is 41.8 Å². The van der Waals surface area contributed by atoms with Crippen LogP contribution in [0.25, 0.3) is 0 Å². The number of benzene rings is 1. The number of carbonyl (C=O) groups excluding carboxylic acids is 1. The highest BCUT2D eigenvalue weighted by molar-refractivity contribution is 5.79. The van der Waals surface area contributed by atoms with Crippen molar-refractivity contribution in [3.63, 3.8) is 0 Å². The second-order valence-corrected chi connectivity index (χ2v) is 7.61. The SMILES string of the molecule is Cc1ccc(CC(=O)N2CCC[C@@H](c3nccn3Cc3ccncc3)C2)cc1. The Kier molecular flexibility index (Phi) is 5.51. The van der Waals surface area contributed by atoms with Gasteiger partial charge in [-0.2, -0.15) is 0 Å². The Morgan fingerprint density at radius 3 is 2.64 bits per heavy atom. The molecule has 1 amide bonds. The molecule has 1 aliphatic rings. The molecule has 1 atom stereocenters. The van der Waals surface area contributed by atoms with Crippen LogP contribution in [0.15, 0.2) is 61.2 Å². The molecule has 4 rings (SSSR count). The Balaban J connectivity index is 1.43. The molecule has 1 fully saturated rings. The summed E-state index contributed by atoms with van der Waals surface area (Å²) < 4.78 is 2.20. The van der Waals surface area contributed by atoms with Gasteiger partial charge in [0.1, 0.15) is 5.82 Å². The van der Waals surface area contributed by atoms with Crippen LogP contribution < -0.4 is 0 Å². The fraction of sp³-hybridized carbons (Fsp3) is 0.348. The maximum atomic E-state index is 12.8. The van der Waals surface area contributed by atoms with Gasteiger partial charge < -0.3 is 9.47 Å². The van der Waals surface area contributed by atoms with Crippen LogP contribution >= 0.6 is 0 Å². The van der Waals surface area contributed by atoms with E-state index < -0.39 is 0 Å². The van der Waals surface area contributed by atoms with Crippen LogP contribution in [0.1, 0.15) is 41.3 Å². The molecular weight excluding hydrogens is 348 g/mol. The number of likely N-dealkylation sites (tertiary alicyclic amines) is 1. The molecule has 1 aliphatic heterocycles. The number of piperidine rings is 1. The van der Waals surface area contributed by atoms with Crippen LogP contribution in [-0.4, -0.2) is 38.4 Å². The quantitative estimate of drug-likeness (QED) is 0.686. The van der Waals surface area contributed by atoms with Crippen LogP contribution in [0.3, 0.4) is 0 Å². The van der Waals surface area contributed by atoms with Gasteiger partial charge in [-0.3, -0.25) is 9.78 Å². The first-order valence-electron chi connectivity index (χ1n) is 9.92. The third-order valence-electron chi connectivity index (χ3n) is 5.47. The molecule has 0 unspecified atom stereocenters. The van der Waals surface area contributed by atoms with E-state index in [0.717, 1.165) is 43.9 Å². The first-order chi connectivity index (χ1) is 13.7. The zero-order valence-corrected chi connectivity index (χ0v) is 16.3. The van der Waals surface area contributed by atoms with Crippen molar-refractivity contribution < 1.29 is 4.79 Å². The Labute approximate surface area is 166 Å². The number of imidazole rings is 1. The van der Waals surface area contributed by atoms with Gasteiger partial charge in [-0.15, -0.1) is 0 Å². The Bertz CT molecular complexity index is 917. The van der Waals surface area contributed by atoms with E-state index in [1.165, 1.54) is 11.1 Å². The monoisotopic (exact) mass is 374 g/mol. The van der Waals surface area contributed by atoms with Crippen LogP contribution in [0, 0.1) is 6.92 Å². The summed E-state index contributed by atoms with van der Waals surface area (Å²) in [6, 6.07) is 12.3. The zero-order valence-electron chi connectivity index (χ0n) is 16.3. The van der Waals surface area contributed by atoms with Gasteiger partial charge in [-0.05, 0) is 43.0 Å². The fourth-order valence-corrected chi connectivity index (χ4v) is 3.91. The van der Waals surface area contributed by atoms with Gasteiger partial charge in [-0.25, -0.2) is 4.98 Å². The third kappa shape index (κ3) is 4.30.